The first-order valence-electron chi connectivity index (χ1n) is 5.34. The molecular weight excluding hydrogens is 224 g/mol. The van der Waals surface area contributed by atoms with Gasteiger partial charge < -0.3 is 4.74 Å². The quantitative estimate of drug-likeness (QED) is 0.602. The van der Waals surface area contributed by atoms with Crippen LogP contribution in [0.5, 0.6) is 5.75 Å². The zero-order valence-electron chi connectivity index (χ0n) is 9.11. The van der Waals surface area contributed by atoms with Gasteiger partial charge in [0.1, 0.15) is 10.9 Å². The molecule has 0 unspecified atom stereocenters. The highest BCUT2D eigenvalue weighted by atomic mass is 35.5. The molecule has 0 atom stereocenters. The number of hydrogen-bond donors (Lipinski definition) is 0. The highest BCUT2D eigenvalue weighted by molar-refractivity contribution is 6.30. The third kappa shape index (κ3) is 2.42. The van der Waals surface area contributed by atoms with Crippen molar-refractivity contribution in [2.24, 2.45) is 0 Å². The van der Waals surface area contributed by atoms with Crippen LogP contribution in [0.2, 0.25) is 5.15 Å². The normalized spacial score (nSPS) is 10.6. The lowest BCUT2D eigenvalue weighted by atomic mass is 10.2. The summed E-state index contributed by atoms with van der Waals surface area (Å²) in [5, 5.41) is 1.35. The third-order valence-corrected chi connectivity index (χ3v) is 2.49. The molecule has 2 aromatic rings. The summed E-state index contributed by atoms with van der Waals surface area (Å²) in [7, 11) is 0. The lowest BCUT2D eigenvalue weighted by Crippen LogP contribution is -1.98. The first-order valence-corrected chi connectivity index (χ1v) is 5.72. The minimum Gasteiger partial charge on any atom is -0.493 e. The van der Waals surface area contributed by atoms with Gasteiger partial charge in [0.2, 0.25) is 0 Å². The Kier molecular flexibility index (Phi) is 3.57. The molecule has 3 nitrogen and oxygen atoms in total. The molecule has 0 radical (unpaired) electrons. The Morgan fingerprint density at radius 1 is 1.44 bits per heavy atom. The van der Waals surface area contributed by atoms with Gasteiger partial charge in [-0.2, -0.15) is 0 Å². The van der Waals surface area contributed by atoms with E-state index in [0.29, 0.717) is 11.8 Å². The van der Waals surface area contributed by atoms with Gasteiger partial charge in [0.05, 0.1) is 17.5 Å². The van der Waals surface area contributed by atoms with E-state index >= 15 is 0 Å². The van der Waals surface area contributed by atoms with E-state index in [-0.39, 0.29) is 0 Å². The van der Waals surface area contributed by atoms with Crippen LogP contribution < -0.4 is 4.74 Å². The standard InChI is InChI=1S/C12H13ClN2O/c1-2-3-6-16-11-7-12(13)15-10-4-5-14-8-9(10)11/h4-5,7-8H,2-3,6H2,1H3. The van der Waals surface area contributed by atoms with Crippen molar-refractivity contribution in [3.8, 4) is 5.75 Å². The van der Waals surface area contributed by atoms with Crippen LogP contribution in [0.15, 0.2) is 24.5 Å². The summed E-state index contributed by atoms with van der Waals surface area (Å²) >= 11 is 5.93. The predicted molar refractivity (Wildman–Crippen MR) is 65.0 cm³/mol. The van der Waals surface area contributed by atoms with Crippen molar-refractivity contribution in [2.45, 2.75) is 19.8 Å². The SMILES string of the molecule is CCCCOc1cc(Cl)nc2ccncc12. The maximum absolute atomic E-state index is 5.93. The van der Waals surface area contributed by atoms with Gasteiger partial charge in [-0.05, 0) is 12.5 Å². The van der Waals surface area contributed by atoms with Crippen molar-refractivity contribution in [3.63, 3.8) is 0 Å². The van der Waals surface area contributed by atoms with E-state index in [4.69, 9.17) is 16.3 Å². The van der Waals surface area contributed by atoms with Crippen molar-refractivity contribution >= 4 is 22.5 Å². The highest BCUT2D eigenvalue weighted by Crippen LogP contribution is 2.26. The van der Waals surface area contributed by atoms with Gasteiger partial charge in [0, 0.05) is 18.5 Å². The van der Waals surface area contributed by atoms with Crippen molar-refractivity contribution in [1.29, 1.82) is 0 Å². The lowest BCUT2D eigenvalue weighted by Gasteiger charge is -2.08. The number of hydrogen-bond acceptors (Lipinski definition) is 3. The molecule has 0 fully saturated rings. The van der Waals surface area contributed by atoms with Crippen molar-refractivity contribution in [2.75, 3.05) is 6.61 Å². The number of aromatic nitrogens is 2. The molecule has 0 bridgehead atoms. The van der Waals surface area contributed by atoms with Gasteiger partial charge in [-0.15, -0.1) is 0 Å². The Morgan fingerprint density at radius 2 is 2.31 bits per heavy atom. The number of unbranched alkanes of at least 4 members (excludes halogenated alkanes) is 1. The molecule has 0 aliphatic rings. The van der Waals surface area contributed by atoms with Gasteiger partial charge in [-0.25, -0.2) is 4.98 Å². The minimum atomic E-state index is 0.449. The zero-order valence-corrected chi connectivity index (χ0v) is 9.87. The predicted octanol–water partition coefficient (Wildman–Crippen LogP) is 3.46. The Bertz CT molecular complexity index is 487. The first-order chi connectivity index (χ1) is 7.81. The molecule has 2 heterocycles. The fourth-order valence-electron chi connectivity index (χ4n) is 1.45. The Labute approximate surface area is 99.4 Å². The number of rotatable bonds is 4. The second-order valence-electron chi connectivity index (χ2n) is 3.54. The van der Waals surface area contributed by atoms with Crippen molar-refractivity contribution in [1.82, 2.24) is 9.97 Å². The molecule has 0 aromatic carbocycles. The summed E-state index contributed by atoms with van der Waals surface area (Å²) in [4.78, 5) is 8.28. The minimum absolute atomic E-state index is 0.449. The maximum Gasteiger partial charge on any atom is 0.133 e. The van der Waals surface area contributed by atoms with E-state index in [9.17, 15) is 0 Å². The van der Waals surface area contributed by atoms with Gasteiger partial charge >= 0.3 is 0 Å². The van der Waals surface area contributed by atoms with Crippen LogP contribution in [0.1, 0.15) is 19.8 Å². The molecule has 84 valence electrons. The number of halogens is 1. The largest absolute Gasteiger partial charge is 0.493 e. The molecule has 0 spiro atoms. The monoisotopic (exact) mass is 236 g/mol. The van der Waals surface area contributed by atoms with Crippen molar-refractivity contribution in [3.05, 3.63) is 29.7 Å². The molecule has 0 saturated carbocycles. The maximum atomic E-state index is 5.93. The van der Waals surface area contributed by atoms with E-state index in [2.05, 4.69) is 16.9 Å². The molecule has 2 aromatic heterocycles. The van der Waals surface area contributed by atoms with Gasteiger partial charge in [0.15, 0.2) is 0 Å². The average molecular weight is 237 g/mol. The highest BCUT2D eigenvalue weighted by Gasteiger charge is 2.05. The summed E-state index contributed by atoms with van der Waals surface area (Å²) < 4.78 is 5.68. The van der Waals surface area contributed by atoms with Crippen LogP contribution in [0, 0.1) is 0 Å². The van der Waals surface area contributed by atoms with E-state index in [1.165, 1.54) is 0 Å². The van der Waals surface area contributed by atoms with Gasteiger partial charge in [0.25, 0.3) is 0 Å². The Balaban J connectivity index is 2.34. The number of ether oxygens (including phenoxy) is 1. The fourth-order valence-corrected chi connectivity index (χ4v) is 1.64. The molecule has 0 aliphatic carbocycles. The zero-order chi connectivity index (χ0) is 11.4. The van der Waals surface area contributed by atoms with Crippen LogP contribution in [0.4, 0.5) is 0 Å². The molecule has 0 saturated heterocycles. The third-order valence-electron chi connectivity index (χ3n) is 2.30. The second-order valence-corrected chi connectivity index (χ2v) is 3.93. The molecule has 0 amide bonds. The molecule has 2 rings (SSSR count). The summed E-state index contributed by atoms with van der Waals surface area (Å²) in [6, 6.07) is 3.56. The summed E-state index contributed by atoms with van der Waals surface area (Å²) in [5.74, 6) is 0.761. The Hall–Kier alpha value is -1.35. The summed E-state index contributed by atoms with van der Waals surface area (Å²) in [6.45, 7) is 2.82. The smallest absolute Gasteiger partial charge is 0.133 e. The van der Waals surface area contributed by atoms with Crippen LogP contribution in [-0.2, 0) is 0 Å². The van der Waals surface area contributed by atoms with Gasteiger partial charge in [-0.1, -0.05) is 24.9 Å². The molecule has 16 heavy (non-hydrogen) atoms. The first kappa shape index (κ1) is 11.1. The topological polar surface area (TPSA) is 35.0 Å². The summed E-state index contributed by atoms with van der Waals surface area (Å²) in [5.41, 5.74) is 0.814. The van der Waals surface area contributed by atoms with E-state index in [0.717, 1.165) is 29.5 Å². The second kappa shape index (κ2) is 5.12. The molecule has 0 N–H and O–H groups in total. The number of fused-ring (bicyclic) bond motifs is 1. The molecule has 0 aliphatic heterocycles. The Morgan fingerprint density at radius 3 is 3.12 bits per heavy atom. The summed E-state index contributed by atoms with van der Waals surface area (Å²) in [6.07, 6.45) is 5.58. The van der Waals surface area contributed by atoms with E-state index in [1.807, 2.05) is 6.07 Å². The van der Waals surface area contributed by atoms with E-state index in [1.54, 1.807) is 18.5 Å². The molecular formula is C12H13ClN2O. The number of nitrogens with zero attached hydrogens (tertiary/aromatic N) is 2. The van der Waals surface area contributed by atoms with E-state index < -0.39 is 0 Å². The van der Waals surface area contributed by atoms with Crippen LogP contribution in [0.3, 0.4) is 0 Å². The van der Waals surface area contributed by atoms with Crippen molar-refractivity contribution < 1.29 is 4.74 Å². The number of pyridine rings is 2. The lowest BCUT2D eigenvalue weighted by molar-refractivity contribution is 0.313. The van der Waals surface area contributed by atoms with Crippen LogP contribution >= 0.6 is 11.6 Å². The van der Waals surface area contributed by atoms with Crippen LogP contribution in [-0.4, -0.2) is 16.6 Å². The fraction of sp³-hybridized carbons (Fsp3) is 0.333. The van der Waals surface area contributed by atoms with Gasteiger partial charge in [-0.3, -0.25) is 4.98 Å². The van der Waals surface area contributed by atoms with Crippen LogP contribution in [0.25, 0.3) is 10.9 Å². The average Bonchev–Trinajstić information content (AvgIpc) is 2.29. The molecule has 4 heteroatoms.